The van der Waals surface area contributed by atoms with E-state index in [1.807, 2.05) is 24.4 Å². The Morgan fingerprint density at radius 1 is 1.31 bits per heavy atom. The Morgan fingerprint density at radius 3 is 3.06 bits per heavy atom. The van der Waals surface area contributed by atoms with Gasteiger partial charge in [-0.05, 0) is 23.4 Å². The number of hydrogen-bond acceptors (Lipinski definition) is 2. The number of aromatic nitrogens is 1. The van der Waals surface area contributed by atoms with Crippen molar-refractivity contribution in [2.75, 3.05) is 0 Å². The number of rotatable bonds is 1. The van der Waals surface area contributed by atoms with E-state index in [0.717, 1.165) is 11.8 Å². The van der Waals surface area contributed by atoms with Crippen LogP contribution in [-0.4, -0.2) is 10.9 Å². The molecule has 1 amide bonds. The zero-order chi connectivity index (χ0) is 11.0. The van der Waals surface area contributed by atoms with E-state index in [1.54, 1.807) is 6.20 Å². The zero-order valence-corrected chi connectivity index (χ0v) is 8.81. The molecule has 1 aliphatic rings. The number of amides is 1. The standard InChI is InChI=1S/C13H12N2O/c16-13-5-4-12(15-13)11-3-1-2-9-8-14-7-6-10(9)11/h1-3,6-8,12H,4-5H2,(H,15,16). The van der Waals surface area contributed by atoms with Crippen LogP contribution in [0.25, 0.3) is 10.8 Å². The van der Waals surface area contributed by atoms with Crippen LogP contribution in [0.1, 0.15) is 24.4 Å². The van der Waals surface area contributed by atoms with Crippen molar-refractivity contribution >= 4 is 16.7 Å². The Hall–Kier alpha value is -1.90. The van der Waals surface area contributed by atoms with Gasteiger partial charge in [-0.15, -0.1) is 0 Å². The lowest BCUT2D eigenvalue weighted by Crippen LogP contribution is -2.18. The second-order valence-corrected chi connectivity index (χ2v) is 4.10. The molecular formula is C13H12N2O. The molecule has 1 aliphatic heterocycles. The third kappa shape index (κ3) is 1.45. The van der Waals surface area contributed by atoms with Crippen molar-refractivity contribution in [3.63, 3.8) is 0 Å². The minimum Gasteiger partial charge on any atom is -0.349 e. The van der Waals surface area contributed by atoms with Gasteiger partial charge >= 0.3 is 0 Å². The number of fused-ring (bicyclic) bond motifs is 1. The summed E-state index contributed by atoms with van der Waals surface area (Å²) in [6, 6.07) is 8.32. The molecule has 1 atom stereocenters. The van der Waals surface area contributed by atoms with Crippen LogP contribution >= 0.6 is 0 Å². The van der Waals surface area contributed by atoms with Crippen LogP contribution in [0.4, 0.5) is 0 Å². The number of benzene rings is 1. The average molecular weight is 212 g/mol. The lowest BCUT2D eigenvalue weighted by atomic mass is 9.99. The molecule has 0 saturated carbocycles. The Labute approximate surface area is 93.5 Å². The molecule has 1 unspecified atom stereocenters. The SMILES string of the molecule is O=C1CCC(c2cccc3cnccc23)N1. The summed E-state index contributed by atoms with van der Waals surface area (Å²) in [6.07, 6.45) is 5.17. The molecule has 2 aromatic rings. The number of hydrogen-bond donors (Lipinski definition) is 1. The van der Waals surface area contributed by atoms with E-state index >= 15 is 0 Å². The number of carbonyl (C=O) groups excluding carboxylic acids is 1. The molecule has 0 bridgehead atoms. The fourth-order valence-electron chi connectivity index (χ4n) is 2.30. The molecule has 0 spiro atoms. The molecule has 1 saturated heterocycles. The van der Waals surface area contributed by atoms with Gasteiger partial charge in [0.15, 0.2) is 0 Å². The summed E-state index contributed by atoms with van der Waals surface area (Å²) in [7, 11) is 0. The van der Waals surface area contributed by atoms with Crippen molar-refractivity contribution in [2.24, 2.45) is 0 Å². The van der Waals surface area contributed by atoms with Gasteiger partial charge in [0.1, 0.15) is 0 Å². The number of nitrogens with zero attached hydrogens (tertiary/aromatic N) is 1. The van der Waals surface area contributed by atoms with Gasteiger partial charge in [0.25, 0.3) is 0 Å². The van der Waals surface area contributed by atoms with Crippen LogP contribution in [0.15, 0.2) is 36.7 Å². The van der Waals surface area contributed by atoms with Crippen LogP contribution < -0.4 is 5.32 Å². The first-order valence-electron chi connectivity index (χ1n) is 5.46. The molecule has 3 rings (SSSR count). The summed E-state index contributed by atoms with van der Waals surface area (Å²) in [5.74, 6) is 0.149. The van der Waals surface area contributed by atoms with Crippen LogP contribution in [0.3, 0.4) is 0 Å². The summed E-state index contributed by atoms with van der Waals surface area (Å²) in [5.41, 5.74) is 1.20. The van der Waals surface area contributed by atoms with Crippen molar-refractivity contribution < 1.29 is 4.79 Å². The van der Waals surface area contributed by atoms with E-state index in [-0.39, 0.29) is 11.9 Å². The minimum absolute atomic E-state index is 0.149. The van der Waals surface area contributed by atoms with Crippen molar-refractivity contribution in [2.45, 2.75) is 18.9 Å². The second kappa shape index (κ2) is 3.59. The van der Waals surface area contributed by atoms with E-state index < -0.39 is 0 Å². The Morgan fingerprint density at radius 2 is 2.25 bits per heavy atom. The molecule has 1 fully saturated rings. The molecular weight excluding hydrogens is 200 g/mol. The zero-order valence-electron chi connectivity index (χ0n) is 8.81. The first-order chi connectivity index (χ1) is 7.84. The van der Waals surface area contributed by atoms with Gasteiger partial charge in [-0.1, -0.05) is 18.2 Å². The quantitative estimate of drug-likeness (QED) is 0.787. The van der Waals surface area contributed by atoms with E-state index in [4.69, 9.17) is 0 Å². The summed E-state index contributed by atoms with van der Waals surface area (Å²) in [5, 5.41) is 5.31. The summed E-state index contributed by atoms with van der Waals surface area (Å²) in [4.78, 5) is 15.3. The summed E-state index contributed by atoms with van der Waals surface area (Å²) in [6.45, 7) is 0. The second-order valence-electron chi connectivity index (χ2n) is 4.10. The predicted molar refractivity (Wildman–Crippen MR) is 61.9 cm³/mol. The highest BCUT2D eigenvalue weighted by molar-refractivity contribution is 5.87. The first-order valence-corrected chi connectivity index (χ1v) is 5.46. The van der Waals surface area contributed by atoms with Gasteiger partial charge < -0.3 is 5.32 Å². The maximum Gasteiger partial charge on any atom is 0.220 e. The van der Waals surface area contributed by atoms with Gasteiger partial charge in [0.2, 0.25) is 5.91 Å². The molecule has 2 heterocycles. The van der Waals surface area contributed by atoms with Crippen molar-refractivity contribution in [1.29, 1.82) is 0 Å². The van der Waals surface area contributed by atoms with E-state index in [9.17, 15) is 4.79 Å². The van der Waals surface area contributed by atoms with Crippen LogP contribution in [0, 0.1) is 0 Å². The topological polar surface area (TPSA) is 42.0 Å². The molecule has 1 N–H and O–H groups in total. The highest BCUT2D eigenvalue weighted by atomic mass is 16.1. The molecule has 1 aromatic heterocycles. The first kappa shape index (κ1) is 9.33. The maximum atomic E-state index is 11.2. The fourth-order valence-corrected chi connectivity index (χ4v) is 2.30. The van der Waals surface area contributed by atoms with Crippen LogP contribution in [-0.2, 0) is 4.79 Å². The average Bonchev–Trinajstić information content (AvgIpc) is 2.75. The monoisotopic (exact) mass is 212 g/mol. The molecule has 1 aromatic carbocycles. The normalized spacial score (nSPS) is 20.0. The maximum absolute atomic E-state index is 11.2. The lowest BCUT2D eigenvalue weighted by molar-refractivity contribution is -0.119. The predicted octanol–water partition coefficient (Wildman–Crippen LogP) is 2.19. The molecule has 0 aliphatic carbocycles. The van der Waals surface area contributed by atoms with E-state index in [2.05, 4.69) is 16.4 Å². The summed E-state index contributed by atoms with van der Waals surface area (Å²) >= 11 is 0. The van der Waals surface area contributed by atoms with Gasteiger partial charge in [-0.2, -0.15) is 0 Å². The van der Waals surface area contributed by atoms with Gasteiger partial charge in [-0.3, -0.25) is 9.78 Å². The molecule has 16 heavy (non-hydrogen) atoms. The van der Waals surface area contributed by atoms with Crippen LogP contribution in [0.5, 0.6) is 0 Å². The van der Waals surface area contributed by atoms with Crippen molar-refractivity contribution in [3.05, 3.63) is 42.2 Å². The largest absolute Gasteiger partial charge is 0.349 e. The minimum atomic E-state index is 0.149. The molecule has 3 heteroatoms. The Bertz CT molecular complexity index is 545. The molecule has 80 valence electrons. The molecule has 0 radical (unpaired) electrons. The lowest BCUT2D eigenvalue weighted by Gasteiger charge is -2.13. The number of carbonyl (C=O) groups is 1. The van der Waals surface area contributed by atoms with Crippen molar-refractivity contribution in [1.82, 2.24) is 10.3 Å². The highest BCUT2D eigenvalue weighted by Gasteiger charge is 2.23. The third-order valence-corrected chi connectivity index (χ3v) is 3.09. The smallest absolute Gasteiger partial charge is 0.220 e. The Balaban J connectivity index is 2.13. The molecule has 3 nitrogen and oxygen atoms in total. The van der Waals surface area contributed by atoms with E-state index in [0.29, 0.717) is 6.42 Å². The number of nitrogens with one attached hydrogen (secondary N) is 1. The van der Waals surface area contributed by atoms with Crippen LogP contribution in [0.2, 0.25) is 0 Å². The Kier molecular flexibility index (Phi) is 2.10. The highest BCUT2D eigenvalue weighted by Crippen LogP contribution is 2.29. The fraction of sp³-hybridized carbons (Fsp3) is 0.231. The van der Waals surface area contributed by atoms with Crippen molar-refractivity contribution in [3.8, 4) is 0 Å². The van der Waals surface area contributed by atoms with E-state index in [1.165, 1.54) is 10.9 Å². The third-order valence-electron chi connectivity index (χ3n) is 3.09. The summed E-state index contributed by atoms with van der Waals surface area (Å²) < 4.78 is 0. The number of pyridine rings is 1. The van der Waals surface area contributed by atoms with Gasteiger partial charge in [0, 0.05) is 24.2 Å². The van der Waals surface area contributed by atoms with Gasteiger partial charge in [0.05, 0.1) is 6.04 Å². The van der Waals surface area contributed by atoms with Gasteiger partial charge in [-0.25, -0.2) is 0 Å².